The molecule has 0 unspecified atom stereocenters. The molecule has 0 aromatic heterocycles. The van der Waals surface area contributed by atoms with E-state index in [1.165, 1.54) is 4.31 Å². The van der Waals surface area contributed by atoms with Crippen LogP contribution in [-0.2, 0) is 31.9 Å². The number of anilines is 1. The van der Waals surface area contributed by atoms with Crippen LogP contribution in [0.1, 0.15) is 24.0 Å². The molecule has 0 saturated carbocycles. The van der Waals surface area contributed by atoms with Crippen molar-refractivity contribution >= 4 is 37.5 Å². The van der Waals surface area contributed by atoms with Gasteiger partial charge in [-0.2, -0.15) is 0 Å². The number of hydrogen-bond acceptors (Lipinski definition) is 4. The van der Waals surface area contributed by atoms with Crippen LogP contribution in [0.25, 0.3) is 0 Å². The van der Waals surface area contributed by atoms with Crippen molar-refractivity contribution in [3.05, 3.63) is 64.1 Å². The van der Waals surface area contributed by atoms with Crippen molar-refractivity contribution in [2.75, 3.05) is 25.5 Å². The number of carbonyl (C=O) groups excluding carboxylic acids is 1. The molecule has 0 atom stereocenters. The number of nitrogens with zero attached hydrogens (tertiary/aromatic N) is 1. The van der Waals surface area contributed by atoms with Gasteiger partial charge in [0.1, 0.15) is 0 Å². The summed E-state index contributed by atoms with van der Waals surface area (Å²) in [5.74, 6) is -0.294. The van der Waals surface area contributed by atoms with Crippen LogP contribution < -0.4 is 5.32 Å². The first-order chi connectivity index (χ1) is 13.9. The highest BCUT2D eigenvalue weighted by Gasteiger charge is 2.31. The van der Waals surface area contributed by atoms with E-state index in [0.717, 1.165) is 21.3 Å². The summed E-state index contributed by atoms with van der Waals surface area (Å²) in [5, 5.41) is 2.94. The Balaban J connectivity index is 1.55. The summed E-state index contributed by atoms with van der Waals surface area (Å²) in [6.45, 7) is 1.20. The first-order valence-corrected chi connectivity index (χ1v) is 11.9. The molecule has 2 aromatic carbocycles. The topological polar surface area (TPSA) is 75.7 Å². The fourth-order valence-corrected chi connectivity index (χ4v) is 5.47. The van der Waals surface area contributed by atoms with Crippen LogP contribution in [0.3, 0.4) is 0 Å². The van der Waals surface area contributed by atoms with Crippen LogP contribution in [0.15, 0.2) is 53.0 Å². The number of methoxy groups -OCH3 is 1. The molecular formula is C21H25BrN2O4S. The van der Waals surface area contributed by atoms with Gasteiger partial charge in [-0.3, -0.25) is 4.79 Å². The lowest BCUT2D eigenvalue weighted by molar-refractivity contribution is -0.120. The molecule has 2 aromatic rings. The number of hydrogen-bond donors (Lipinski definition) is 1. The van der Waals surface area contributed by atoms with Crippen molar-refractivity contribution in [2.45, 2.75) is 25.2 Å². The minimum absolute atomic E-state index is 0.0321. The molecule has 1 saturated heterocycles. The maximum Gasteiger partial charge on any atom is 0.227 e. The number of ether oxygens (including phenoxy) is 1. The maximum atomic E-state index is 12.7. The summed E-state index contributed by atoms with van der Waals surface area (Å²) < 4.78 is 32.9. The summed E-state index contributed by atoms with van der Waals surface area (Å²) in [5.41, 5.74) is 2.46. The van der Waals surface area contributed by atoms with Crippen molar-refractivity contribution in [1.82, 2.24) is 4.31 Å². The quantitative estimate of drug-likeness (QED) is 0.654. The van der Waals surface area contributed by atoms with Crippen LogP contribution >= 0.6 is 15.9 Å². The molecular weight excluding hydrogens is 456 g/mol. The second-order valence-corrected chi connectivity index (χ2v) is 10.1. The zero-order valence-corrected chi connectivity index (χ0v) is 18.7. The third kappa shape index (κ3) is 6.12. The number of halogens is 1. The number of piperidine rings is 1. The second kappa shape index (κ2) is 9.84. The molecule has 1 N–H and O–H groups in total. The lowest BCUT2D eigenvalue weighted by Crippen LogP contribution is -2.41. The summed E-state index contributed by atoms with van der Waals surface area (Å²) in [4.78, 5) is 12.6. The fourth-order valence-electron chi connectivity index (χ4n) is 3.47. The minimum Gasteiger partial charge on any atom is -0.380 e. The molecule has 3 rings (SSSR count). The van der Waals surface area contributed by atoms with Crippen LogP contribution in [0.2, 0.25) is 0 Å². The average molecular weight is 481 g/mol. The smallest absolute Gasteiger partial charge is 0.227 e. The summed E-state index contributed by atoms with van der Waals surface area (Å²) >= 11 is 3.37. The van der Waals surface area contributed by atoms with Gasteiger partial charge >= 0.3 is 0 Å². The molecule has 1 aliphatic rings. The van der Waals surface area contributed by atoms with Crippen LogP contribution in [0.4, 0.5) is 5.69 Å². The normalized spacial score (nSPS) is 15.9. The molecule has 1 heterocycles. The Bertz CT molecular complexity index is 957. The molecule has 8 heteroatoms. The van der Waals surface area contributed by atoms with Crippen molar-refractivity contribution in [1.29, 1.82) is 0 Å². The van der Waals surface area contributed by atoms with Crippen LogP contribution in [0.5, 0.6) is 0 Å². The Morgan fingerprint density at radius 3 is 2.52 bits per heavy atom. The molecule has 6 nitrogen and oxygen atoms in total. The van der Waals surface area contributed by atoms with Crippen molar-refractivity contribution in [3.63, 3.8) is 0 Å². The summed E-state index contributed by atoms with van der Waals surface area (Å²) in [6.07, 6.45) is 1.03. The monoisotopic (exact) mass is 480 g/mol. The van der Waals surface area contributed by atoms with Crippen LogP contribution in [0, 0.1) is 5.92 Å². The highest BCUT2D eigenvalue weighted by Crippen LogP contribution is 2.24. The largest absolute Gasteiger partial charge is 0.380 e. The Morgan fingerprint density at radius 2 is 1.83 bits per heavy atom. The molecule has 1 amide bonds. The van der Waals surface area contributed by atoms with E-state index in [9.17, 15) is 13.2 Å². The standard InChI is InChI=1S/C21H25BrN2O4S/c1-28-14-16-4-3-7-20(13-16)23-21(25)18-8-10-24(11-9-18)29(26,27)15-17-5-2-6-19(22)12-17/h2-7,12-13,18H,8-11,14-15H2,1H3,(H,23,25). The molecule has 1 fully saturated rings. The zero-order valence-electron chi connectivity index (χ0n) is 16.3. The molecule has 0 radical (unpaired) electrons. The van der Waals surface area contributed by atoms with Gasteiger partial charge in [0.15, 0.2) is 0 Å². The third-order valence-electron chi connectivity index (χ3n) is 4.96. The van der Waals surface area contributed by atoms with Gasteiger partial charge in [0, 0.05) is 36.3 Å². The van der Waals surface area contributed by atoms with Gasteiger partial charge in [0.25, 0.3) is 0 Å². The lowest BCUT2D eigenvalue weighted by Gasteiger charge is -2.30. The molecule has 0 spiro atoms. The number of nitrogens with one attached hydrogen (secondary N) is 1. The number of carbonyl (C=O) groups is 1. The SMILES string of the molecule is COCc1cccc(NC(=O)C2CCN(S(=O)(=O)Cc3cccc(Br)c3)CC2)c1. The molecule has 29 heavy (non-hydrogen) atoms. The first-order valence-electron chi connectivity index (χ1n) is 9.48. The van der Waals surface area contributed by atoms with E-state index in [4.69, 9.17) is 4.74 Å². The van der Waals surface area contributed by atoms with Crippen molar-refractivity contribution < 1.29 is 17.9 Å². The molecule has 0 bridgehead atoms. The highest BCUT2D eigenvalue weighted by atomic mass is 79.9. The molecule has 1 aliphatic heterocycles. The van der Waals surface area contributed by atoms with Crippen molar-refractivity contribution in [3.8, 4) is 0 Å². The predicted octanol–water partition coefficient (Wildman–Crippen LogP) is 3.78. The van der Waals surface area contributed by atoms with Crippen LogP contribution in [-0.4, -0.2) is 38.8 Å². The van der Waals surface area contributed by atoms with Gasteiger partial charge in [-0.15, -0.1) is 0 Å². The number of sulfonamides is 1. The zero-order chi connectivity index (χ0) is 20.9. The maximum absolute atomic E-state index is 12.7. The van der Waals surface area contributed by atoms with Gasteiger partial charge in [0.05, 0.1) is 12.4 Å². The Kier molecular flexibility index (Phi) is 7.45. The van der Waals surface area contributed by atoms with Crippen molar-refractivity contribution in [2.24, 2.45) is 5.92 Å². The second-order valence-electron chi connectivity index (χ2n) is 7.18. The highest BCUT2D eigenvalue weighted by molar-refractivity contribution is 9.10. The molecule has 156 valence electrons. The third-order valence-corrected chi connectivity index (χ3v) is 7.31. The van der Waals surface area contributed by atoms with E-state index in [2.05, 4.69) is 21.2 Å². The Morgan fingerprint density at radius 1 is 1.14 bits per heavy atom. The average Bonchev–Trinajstić information content (AvgIpc) is 2.68. The number of rotatable bonds is 7. The van der Waals surface area contributed by atoms with E-state index in [1.54, 1.807) is 13.2 Å². The predicted molar refractivity (Wildman–Crippen MR) is 117 cm³/mol. The van der Waals surface area contributed by atoms with E-state index >= 15 is 0 Å². The lowest BCUT2D eigenvalue weighted by atomic mass is 9.97. The summed E-state index contributed by atoms with van der Waals surface area (Å²) in [7, 11) is -1.78. The van der Waals surface area contributed by atoms with Gasteiger partial charge < -0.3 is 10.1 Å². The Hall–Kier alpha value is -1.74. The molecule has 0 aliphatic carbocycles. The fraction of sp³-hybridized carbons (Fsp3) is 0.381. The first kappa shape index (κ1) is 22.0. The van der Waals surface area contributed by atoms with E-state index in [1.807, 2.05) is 42.5 Å². The van der Waals surface area contributed by atoms with E-state index < -0.39 is 10.0 Å². The van der Waals surface area contributed by atoms with E-state index in [-0.39, 0.29) is 17.6 Å². The van der Waals surface area contributed by atoms with Gasteiger partial charge in [-0.25, -0.2) is 12.7 Å². The van der Waals surface area contributed by atoms with Gasteiger partial charge in [0.2, 0.25) is 15.9 Å². The van der Waals surface area contributed by atoms with Gasteiger partial charge in [-0.1, -0.05) is 40.2 Å². The number of amides is 1. The summed E-state index contributed by atoms with van der Waals surface area (Å²) in [6, 6.07) is 14.9. The van der Waals surface area contributed by atoms with E-state index in [0.29, 0.717) is 32.5 Å². The Labute approximate surface area is 180 Å². The minimum atomic E-state index is -3.41. The van der Waals surface area contributed by atoms with Gasteiger partial charge in [-0.05, 0) is 48.2 Å². The number of benzene rings is 2.